The number of carbonyl (C=O) groups excluding carboxylic acids is 1. The maximum absolute atomic E-state index is 11.7. The van der Waals surface area contributed by atoms with E-state index < -0.39 is 0 Å². The number of hydrogen-bond donors (Lipinski definition) is 0. The number of ether oxygens (including phenoxy) is 2. The number of benzene rings is 1. The zero-order valence-electron chi connectivity index (χ0n) is 12.1. The molecule has 0 radical (unpaired) electrons. The third-order valence-corrected chi connectivity index (χ3v) is 3.43. The van der Waals surface area contributed by atoms with E-state index in [1.807, 2.05) is 31.2 Å². The van der Waals surface area contributed by atoms with Crippen LogP contribution < -0.4 is 4.74 Å². The standard InChI is InChI=1S/C16H23NO3/c1-2-3-16(18)14-4-6-15(7-5-14)20-13-10-17-8-11-19-12-9-17/h4-7H,2-3,8-13H2,1H3. The second-order valence-corrected chi connectivity index (χ2v) is 5.00. The molecule has 20 heavy (non-hydrogen) atoms. The highest BCUT2D eigenvalue weighted by molar-refractivity contribution is 5.96. The molecule has 0 bridgehead atoms. The predicted octanol–water partition coefficient (Wildman–Crippen LogP) is 2.38. The SMILES string of the molecule is CCCC(=O)c1ccc(OCCN2CCOCC2)cc1. The molecule has 0 atom stereocenters. The van der Waals surface area contributed by atoms with Crippen LogP contribution in [0.25, 0.3) is 0 Å². The van der Waals surface area contributed by atoms with Crippen LogP contribution in [0.5, 0.6) is 5.75 Å². The molecule has 1 saturated heterocycles. The lowest BCUT2D eigenvalue weighted by Crippen LogP contribution is -2.38. The number of rotatable bonds is 7. The number of ketones is 1. The summed E-state index contributed by atoms with van der Waals surface area (Å²) in [7, 11) is 0. The molecule has 0 unspecified atom stereocenters. The van der Waals surface area contributed by atoms with Gasteiger partial charge in [-0.3, -0.25) is 9.69 Å². The Morgan fingerprint density at radius 1 is 1.25 bits per heavy atom. The third-order valence-electron chi connectivity index (χ3n) is 3.43. The number of nitrogens with zero attached hydrogens (tertiary/aromatic N) is 1. The fourth-order valence-electron chi connectivity index (χ4n) is 2.23. The van der Waals surface area contributed by atoms with Crippen molar-refractivity contribution < 1.29 is 14.3 Å². The Hall–Kier alpha value is -1.39. The fourth-order valence-corrected chi connectivity index (χ4v) is 2.23. The summed E-state index contributed by atoms with van der Waals surface area (Å²) in [6.45, 7) is 7.19. The minimum Gasteiger partial charge on any atom is -0.492 e. The lowest BCUT2D eigenvalue weighted by Gasteiger charge is -2.26. The van der Waals surface area contributed by atoms with Crippen molar-refractivity contribution in [1.82, 2.24) is 4.90 Å². The van der Waals surface area contributed by atoms with E-state index in [9.17, 15) is 4.79 Å². The maximum atomic E-state index is 11.7. The number of Topliss-reactive ketones (excluding diaryl/α,β-unsaturated/α-hetero) is 1. The summed E-state index contributed by atoms with van der Waals surface area (Å²) >= 11 is 0. The van der Waals surface area contributed by atoms with Gasteiger partial charge in [0, 0.05) is 31.6 Å². The summed E-state index contributed by atoms with van der Waals surface area (Å²) in [6, 6.07) is 7.45. The maximum Gasteiger partial charge on any atom is 0.162 e. The van der Waals surface area contributed by atoms with Crippen LogP contribution in [-0.2, 0) is 4.74 Å². The van der Waals surface area contributed by atoms with E-state index in [-0.39, 0.29) is 5.78 Å². The van der Waals surface area contributed by atoms with Gasteiger partial charge >= 0.3 is 0 Å². The molecule has 1 fully saturated rings. The quantitative estimate of drug-likeness (QED) is 0.717. The molecule has 0 amide bonds. The summed E-state index contributed by atoms with van der Waals surface area (Å²) in [4.78, 5) is 14.1. The molecule has 1 aromatic carbocycles. The molecule has 1 aromatic rings. The lowest BCUT2D eigenvalue weighted by atomic mass is 10.1. The van der Waals surface area contributed by atoms with Gasteiger partial charge in [-0.2, -0.15) is 0 Å². The number of carbonyl (C=O) groups is 1. The molecular formula is C16H23NO3. The molecule has 4 nitrogen and oxygen atoms in total. The molecule has 2 rings (SSSR count). The highest BCUT2D eigenvalue weighted by atomic mass is 16.5. The van der Waals surface area contributed by atoms with E-state index in [2.05, 4.69) is 4.90 Å². The molecule has 0 aliphatic carbocycles. The van der Waals surface area contributed by atoms with E-state index in [1.165, 1.54) is 0 Å². The van der Waals surface area contributed by atoms with Crippen molar-refractivity contribution in [2.24, 2.45) is 0 Å². The van der Waals surface area contributed by atoms with Gasteiger partial charge in [-0.15, -0.1) is 0 Å². The molecule has 1 aliphatic heterocycles. The van der Waals surface area contributed by atoms with Gasteiger partial charge in [-0.1, -0.05) is 6.92 Å². The van der Waals surface area contributed by atoms with Gasteiger partial charge in [0.15, 0.2) is 5.78 Å². The van der Waals surface area contributed by atoms with Crippen molar-refractivity contribution >= 4 is 5.78 Å². The Balaban J connectivity index is 1.74. The smallest absolute Gasteiger partial charge is 0.162 e. The number of hydrogen-bond acceptors (Lipinski definition) is 4. The van der Waals surface area contributed by atoms with Crippen LogP contribution in [0, 0.1) is 0 Å². The summed E-state index contributed by atoms with van der Waals surface area (Å²) in [5.41, 5.74) is 0.771. The van der Waals surface area contributed by atoms with E-state index in [0.29, 0.717) is 13.0 Å². The minimum absolute atomic E-state index is 0.201. The molecular weight excluding hydrogens is 254 g/mol. The summed E-state index contributed by atoms with van der Waals surface area (Å²) < 4.78 is 11.0. The largest absolute Gasteiger partial charge is 0.492 e. The second kappa shape index (κ2) is 8.02. The third kappa shape index (κ3) is 4.62. The Labute approximate surface area is 120 Å². The monoisotopic (exact) mass is 277 g/mol. The van der Waals surface area contributed by atoms with Crippen molar-refractivity contribution in [2.45, 2.75) is 19.8 Å². The molecule has 0 aromatic heterocycles. The van der Waals surface area contributed by atoms with Crippen LogP contribution in [0.1, 0.15) is 30.1 Å². The van der Waals surface area contributed by atoms with Crippen LogP contribution in [-0.4, -0.2) is 50.1 Å². The van der Waals surface area contributed by atoms with E-state index in [0.717, 1.165) is 50.6 Å². The van der Waals surface area contributed by atoms with Crippen molar-refractivity contribution in [2.75, 3.05) is 39.5 Å². The van der Waals surface area contributed by atoms with E-state index in [1.54, 1.807) is 0 Å². The van der Waals surface area contributed by atoms with Gasteiger partial charge in [0.05, 0.1) is 13.2 Å². The topological polar surface area (TPSA) is 38.8 Å². The zero-order chi connectivity index (χ0) is 14.2. The molecule has 4 heteroatoms. The normalized spacial score (nSPS) is 16.1. The van der Waals surface area contributed by atoms with Crippen LogP contribution in [0.2, 0.25) is 0 Å². The van der Waals surface area contributed by atoms with Gasteiger partial charge in [-0.05, 0) is 30.7 Å². The van der Waals surface area contributed by atoms with Crippen molar-refractivity contribution in [3.8, 4) is 5.75 Å². The van der Waals surface area contributed by atoms with Crippen molar-refractivity contribution in [1.29, 1.82) is 0 Å². The van der Waals surface area contributed by atoms with Gasteiger partial charge in [-0.25, -0.2) is 0 Å². The van der Waals surface area contributed by atoms with Crippen LogP contribution >= 0.6 is 0 Å². The first-order valence-corrected chi connectivity index (χ1v) is 7.35. The van der Waals surface area contributed by atoms with Gasteiger partial charge in [0.2, 0.25) is 0 Å². The fraction of sp³-hybridized carbons (Fsp3) is 0.562. The molecule has 1 aliphatic rings. The van der Waals surface area contributed by atoms with Gasteiger partial charge in [0.1, 0.15) is 12.4 Å². The average molecular weight is 277 g/mol. The molecule has 0 N–H and O–H groups in total. The Morgan fingerprint density at radius 3 is 2.60 bits per heavy atom. The first kappa shape index (κ1) is 15.0. The van der Waals surface area contributed by atoms with Crippen LogP contribution in [0.15, 0.2) is 24.3 Å². The van der Waals surface area contributed by atoms with Gasteiger partial charge in [0.25, 0.3) is 0 Å². The predicted molar refractivity (Wildman–Crippen MR) is 78.4 cm³/mol. The highest BCUT2D eigenvalue weighted by Crippen LogP contribution is 2.14. The molecule has 110 valence electrons. The number of morpholine rings is 1. The van der Waals surface area contributed by atoms with Crippen molar-refractivity contribution in [3.05, 3.63) is 29.8 Å². The first-order chi connectivity index (χ1) is 9.79. The minimum atomic E-state index is 0.201. The summed E-state index contributed by atoms with van der Waals surface area (Å²) in [6.07, 6.45) is 1.49. The Morgan fingerprint density at radius 2 is 1.95 bits per heavy atom. The molecule has 0 spiro atoms. The van der Waals surface area contributed by atoms with Crippen LogP contribution in [0.3, 0.4) is 0 Å². The Bertz CT molecular complexity index is 410. The summed E-state index contributed by atoms with van der Waals surface area (Å²) in [5.74, 6) is 1.03. The first-order valence-electron chi connectivity index (χ1n) is 7.35. The second-order valence-electron chi connectivity index (χ2n) is 5.00. The average Bonchev–Trinajstić information content (AvgIpc) is 2.49. The van der Waals surface area contributed by atoms with Gasteiger partial charge < -0.3 is 9.47 Å². The van der Waals surface area contributed by atoms with Crippen molar-refractivity contribution in [3.63, 3.8) is 0 Å². The molecule has 1 heterocycles. The highest BCUT2D eigenvalue weighted by Gasteiger charge is 2.10. The van der Waals surface area contributed by atoms with E-state index in [4.69, 9.17) is 9.47 Å². The zero-order valence-corrected chi connectivity index (χ0v) is 12.1. The summed E-state index contributed by atoms with van der Waals surface area (Å²) in [5, 5.41) is 0. The van der Waals surface area contributed by atoms with E-state index >= 15 is 0 Å². The Kier molecular flexibility index (Phi) is 6.02. The van der Waals surface area contributed by atoms with Crippen LogP contribution in [0.4, 0.5) is 0 Å². The molecule has 0 saturated carbocycles. The lowest BCUT2D eigenvalue weighted by molar-refractivity contribution is 0.0322.